The van der Waals surface area contributed by atoms with Crippen molar-refractivity contribution < 1.29 is 4.79 Å². The van der Waals surface area contributed by atoms with Gasteiger partial charge in [0, 0.05) is 11.3 Å². The standard InChI is InChI=1S/C14H18OS/c1-10-7-8-11(2)14(9-10)16-13-6-4-3-5-12(13)15/h7-9,13H,3-6H2,1-2H3. The molecule has 1 aromatic rings. The van der Waals surface area contributed by atoms with Crippen molar-refractivity contribution in [3.8, 4) is 0 Å². The maximum Gasteiger partial charge on any atom is 0.146 e. The zero-order valence-electron chi connectivity index (χ0n) is 9.95. The fraction of sp³-hybridized carbons (Fsp3) is 0.500. The summed E-state index contributed by atoms with van der Waals surface area (Å²) in [5.41, 5.74) is 2.56. The maximum atomic E-state index is 11.8. The van der Waals surface area contributed by atoms with E-state index in [2.05, 4.69) is 32.0 Å². The molecular weight excluding hydrogens is 216 g/mol. The molecule has 2 rings (SSSR count). The van der Waals surface area contributed by atoms with Gasteiger partial charge in [0.15, 0.2) is 0 Å². The molecule has 1 nitrogen and oxygen atoms in total. The molecule has 1 aliphatic carbocycles. The third kappa shape index (κ3) is 2.67. The zero-order valence-corrected chi connectivity index (χ0v) is 10.8. The Morgan fingerprint density at radius 2 is 2.06 bits per heavy atom. The molecule has 0 saturated heterocycles. The lowest BCUT2D eigenvalue weighted by Crippen LogP contribution is -2.21. The summed E-state index contributed by atoms with van der Waals surface area (Å²) in [6, 6.07) is 6.47. The van der Waals surface area contributed by atoms with Crippen LogP contribution in [0.4, 0.5) is 0 Å². The van der Waals surface area contributed by atoms with Crippen LogP contribution in [0.2, 0.25) is 0 Å². The molecule has 1 saturated carbocycles. The first kappa shape index (κ1) is 11.7. The predicted molar refractivity (Wildman–Crippen MR) is 69.0 cm³/mol. The molecule has 0 N–H and O–H groups in total. The summed E-state index contributed by atoms with van der Waals surface area (Å²) in [4.78, 5) is 13.1. The molecule has 0 aliphatic heterocycles. The van der Waals surface area contributed by atoms with E-state index < -0.39 is 0 Å². The quantitative estimate of drug-likeness (QED) is 0.772. The number of ketones is 1. The number of benzene rings is 1. The minimum atomic E-state index is 0.203. The van der Waals surface area contributed by atoms with Crippen LogP contribution in [0.3, 0.4) is 0 Å². The number of hydrogen-bond acceptors (Lipinski definition) is 2. The van der Waals surface area contributed by atoms with Crippen LogP contribution in [0.25, 0.3) is 0 Å². The summed E-state index contributed by atoms with van der Waals surface area (Å²) in [5.74, 6) is 0.442. The van der Waals surface area contributed by atoms with Gasteiger partial charge in [-0.1, -0.05) is 24.1 Å². The van der Waals surface area contributed by atoms with E-state index in [9.17, 15) is 4.79 Å². The van der Waals surface area contributed by atoms with Crippen molar-refractivity contribution in [3.05, 3.63) is 29.3 Å². The maximum absolute atomic E-state index is 11.8. The molecule has 0 aromatic heterocycles. The molecule has 0 radical (unpaired) electrons. The number of aryl methyl sites for hydroxylation is 2. The second-order valence-corrected chi connectivity index (χ2v) is 5.83. The van der Waals surface area contributed by atoms with E-state index in [1.165, 1.54) is 22.4 Å². The molecule has 1 aliphatic rings. The lowest BCUT2D eigenvalue weighted by molar-refractivity contribution is -0.119. The van der Waals surface area contributed by atoms with E-state index in [1.54, 1.807) is 11.8 Å². The van der Waals surface area contributed by atoms with Crippen molar-refractivity contribution >= 4 is 17.5 Å². The van der Waals surface area contributed by atoms with Crippen LogP contribution in [0.5, 0.6) is 0 Å². The van der Waals surface area contributed by atoms with Gasteiger partial charge in [0.25, 0.3) is 0 Å². The van der Waals surface area contributed by atoms with Crippen LogP contribution in [0, 0.1) is 13.8 Å². The van der Waals surface area contributed by atoms with Crippen LogP contribution in [-0.4, -0.2) is 11.0 Å². The highest BCUT2D eigenvalue weighted by Gasteiger charge is 2.23. The van der Waals surface area contributed by atoms with Gasteiger partial charge in [-0.15, -0.1) is 11.8 Å². The summed E-state index contributed by atoms with van der Waals surface area (Å²) < 4.78 is 0. The van der Waals surface area contributed by atoms with Crippen LogP contribution in [0.15, 0.2) is 23.1 Å². The largest absolute Gasteiger partial charge is 0.298 e. The molecule has 0 bridgehead atoms. The Labute approximate surface area is 102 Å². The van der Waals surface area contributed by atoms with Gasteiger partial charge in [-0.3, -0.25) is 4.79 Å². The summed E-state index contributed by atoms with van der Waals surface area (Å²) >= 11 is 1.76. The number of Topliss-reactive ketones (excluding diaryl/α,β-unsaturated/α-hetero) is 1. The Morgan fingerprint density at radius 3 is 2.81 bits per heavy atom. The molecule has 16 heavy (non-hydrogen) atoms. The lowest BCUT2D eigenvalue weighted by Gasteiger charge is -2.20. The second kappa shape index (κ2) is 5.05. The molecule has 2 heteroatoms. The van der Waals surface area contributed by atoms with Crippen molar-refractivity contribution in [2.75, 3.05) is 0 Å². The first-order valence-electron chi connectivity index (χ1n) is 5.93. The molecule has 0 heterocycles. The smallest absolute Gasteiger partial charge is 0.146 e. The molecule has 1 fully saturated rings. The second-order valence-electron chi connectivity index (χ2n) is 4.59. The number of rotatable bonds is 2. The van der Waals surface area contributed by atoms with Gasteiger partial charge in [-0.2, -0.15) is 0 Å². The minimum absolute atomic E-state index is 0.203. The fourth-order valence-electron chi connectivity index (χ4n) is 2.06. The van der Waals surface area contributed by atoms with Gasteiger partial charge in [-0.25, -0.2) is 0 Å². The highest BCUT2D eigenvalue weighted by atomic mass is 32.2. The van der Waals surface area contributed by atoms with Crippen molar-refractivity contribution in [1.82, 2.24) is 0 Å². The number of hydrogen-bond donors (Lipinski definition) is 0. The lowest BCUT2D eigenvalue weighted by atomic mass is 9.99. The van der Waals surface area contributed by atoms with Gasteiger partial charge in [0.05, 0.1) is 5.25 Å². The van der Waals surface area contributed by atoms with E-state index >= 15 is 0 Å². The van der Waals surface area contributed by atoms with Crippen LogP contribution in [0.1, 0.15) is 36.8 Å². The van der Waals surface area contributed by atoms with E-state index in [0.717, 1.165) is 19.3 Å². The van der Waals surface area contributed by atoms with E-state index in [4.69, 9.17) is 0 Å². The SMILES string of the molecule is Cc1ccc(C)c(SC2CCCCC2=O)c1. The molecule has 1 atom stereocenters. The summed E-state index contributed by atoms with van der Waals surface area (Å²) in [7, 11) is 0. The molecular formula is C14H18OS. The Bertz CT molecular complexity index is 398. The number of carbonyl (C=O) groups is 1. The van der Waals surface area contributed by atoms with E-state index in [0.29, 0.717) is 5.78 Å². The summed E-state index contributed by atoms with van der Waals surface area (Å²) in [5, 5.41) is 0.203. The van der Waals surface area contributed by atoms with Crippen molar-refractivity contribution in [3.63, 3.8) is 0 Å². The van der Waals surface area contributed by atoms with Crippen molar-refractivity contribution in [1.29, 1.82) is 0 Å². The van der Waals surface area contributed by atoms with Gasteiger partial charge in [0.2, 0.25) is 0 Å². The summed E-state index contributed by atoms with van der Waals surface area (Å²) in [6.45, 7) is 4.22. The Morgan fingerprint density at radius 1 is 1.25 bits per heavy atom. The number of carbonyl (C=O) groups excluding carboxylic acids is 1. The molecule has 1 unspecified atom stereocenters. The molecule has 0 spiro atoms. The normalized spacial score (nSPS) is 21.1. The van der Waals surface area contributed by atoms with Gasteiger partial charge in [0.1, 0.15) is 5.78 Å². The fourth-order valence-corrected chi connectivity index (χ4v) is 3.41. The van der Waals surface area contributed by atoms with Crippen molar-refractivity contribution in [2.45, 2.75) is 49.7 Å². The average Bonchev–Trinajstić information content (AvgIpc) is 2.27. The van der Waals surface area contributed by atoms with Crippen LogP contribution < -0.4 is 0 Å². The van der Waals surface area contributed by atoms with Gasteiger partial charge >= 0.3 is 0 Å². The monoisotopic (exact) mass is 234 g/mol. The Kier molecular flexibility index (Phi) is 3.70. The highest BCUT2D eigenvalue weighted by molar-refractivity contribution is 8.00. The third-order valence-corrected chi connectivity index (χ3v) is 4.59. The first-order chi connectivity index (χ1) is 7.66. The number of thioether (sulfide) groups is 1. The van der Waals surface area contributed by atoms with Gasteiger partial charge in [-0.05, 0) is 38.3 Å². The molecule has 0 amide bonds. The van der Waals surface area contributed by atoms with Crippen LogP contribution >= 0.6 is 11.8 Å². The third-order valence-electron chi connectivity index (χ3n) is 3.11. The predicted octanol–water partition coefficient (Wildman–Crippen LogP) is 3.91. The first-order valence-corrected chi connectivity index (χ1v) is 6.81. The minimum Gasteiger partial charge on any atom is -0.298 e. The highest BCUT2D eigenvalue weighted by Crippen LogP contribution is 2.33. The van der Waals surface area contributed by atoms with E-state index in [-0.39, 0.29) is 5.25 Å². The molecule has 1 aromatic carbocycles. The topological polar surface area (TPSA) is 17.1 Å². The average molecular weight is 234 g/mol. The zero-order chi connectivity index (χ0) is 11.5. The Balaban J connectivity index is 2.13. The summed E-state index contributed by atoms with van der Waals surface area (Å²) in [6.07, 6.45) is 4.12. The Hall–Kier alpha value is -0.760. The molecule has 86 valence electrons. The van der Waals surface area contributed by atoms with Crippen molar-refractivity contribution in [2.24, 2.45) is 0 Å². The van der Waals surface area contributed by atoms with E-state index in [1.807, 2.05) is 0 Å². The van der Waals surface area contributed by atoms with Crippen LogP contribution in [-0.2, 0) is 4.79 Å². The van der Waals surface area contributed by atoms with Gasteiger partial charge < -0.3 is 0 Å².